The van der Waals surface area contributed by atoms with Gasteiger partial charge >= 0.3 is 0 Å². The molecule has 16 heavy (non-hydrogen) atoms. The van der Waals surface area contributed by atoms with E-state index in [1.54, 1.807) is 0 Å². The highest BCUT2D eigenvalue weighted by Gasteiger charge is 2.22. The number of benzene rings is 1. The molecule has 1 nitrogen and oxygen atoms in total. The Morgan fingerprint density at radius 1 is 1.00 bits per heavy atom. The molecule has 1 aromatic rings. The second-order valence-corrected chi connectivity index (χ2v) is 4.63. The van der Waals surface area contributed by atoms with Gasteiger partial charge in [0.25, 0.3) is 0 Å². The van der Waals surface area contributed by atoms with Crippen molar-refractivity contribution < 1.29 is 8.78 Å². The van der Waals surface area contributed by atoms with Crippen LogP contribution in [0.1, 0.15) is 43.7 Å². The zero-order valence-electron chi connectivity index (χ0n) is 9.26. The molecule has 88 valence electrons. The SMILES string of the molecule is N[C@@H](c1cc(F)cc(F)c1)C1CCCCC1. The van der Waals surface area contributed by atoms with Crippen molar-refractivity contribution in [1.82, 2.24) is 0 Å². The summed E-state index contributed by atoms with van der Waals surface area (Å²) in [6.07, 6.45) is 5.74. The van der Waals surface area contributed by atoms with E-state index in [9.17, 15) is 8.78 Å². The summed E-state index contributed by atoms with van der Waals surface area (Å²) >= 11 is 0. The van der Waals surface area contributed by atoms with Gasteiger partial charge in [-0.3, -0.25) is 0 Å². The summed E-state index contributed by atoms with van der Waals surface area (Å²) in [6, 6.07) is 3.35. The summed E-state index contributed by atoms with van der Waals surface area (Å²) in [5.74, 6) is -0.711. The number of nitrogens with two attached hydrogens (primary N) is 1. The topological polar surface area (TPSA) is 26.0 Å². The van der Waals surface area contributed by atoms with Crippen LogP contribution in [0.4, 0.5) is 8.78 Å². The Labute approximate surface area is 94.7 Å². The van der Waals surface area contributed by atoms with Crippen molar-refractivity contribution in [2.24, 2.45) is 11.7 Å². The van der Waals surface area contributed by atoms with Crippen LogP contribution in [0.2, 0.25) is 0 Å². The van der Waals surface area contributed by atoms with Crippen LogP contribution in [0.3, 0.4) is 0 Å². The van der Waals surface area contributed by atoms with Gasteiger partial charge in [-0.15, -0.1) is 0 Å². The second-order valence-electron chi connectivity index (χ2n) is 4.63. The van der Waals surface area contributed by atoms with E-state index in [4.69, 9.17) is 5.73 Å². The van der Waals surface area contributed by atoms with Gasteiger partial charge in [0.15, 0.2) is 0 Å². The van der Waals surface area contributed by atoms with E-state index in [0.29, 0.717) is 11.5 Å². The molecule has 1 saturated carbocycles. The lowest BCUT2D eigenvalue weighted by Crippen LogP contribution is -2.23. The summed E-state index contributed by atoms with van der Waals surface area (Å²) in [6.45, 7) is 0. The summed E-state index contributed by atoms with van der Waals surface area (Å²) in [4.78, 5) is 0. The Bertz CT molecular complexity index is 339. The van der Waals surface area contributed by atoms with Gasteiger partial charge in [-0.05, 0) is 36.5 Å². The van der Waals surface area contributed by atoms with Crippen LogP contribution >= 0.6 is 0 Å². The number of halogens is 2. The fourth-order valence-electron chi connectivity index (χ4n) is 2.53. The van der Waals surface area contributed by atoms with Crippen LogP contribution in [0.15, 0.2) is 18.2 Å². The number of rotatable bonds is 2. The second kappa shape index (κ2) is 4.91. The third kappa shape index (κ3) is 2.59. The summed E-state index contributed by atoms with van der Waals surface area (Å²) in [7, 11) is 0. The van der Waals surface area contributed by atoms with Crippen molar-refractivity contribution in [2.75, 3.05) is 0 Å². The van der Waals surface area contributed by atoms with Crippen molar-refractivity contribution >= 4 is 0 Å². The van der Waals surface area contributed by atoms with Crippen LogP contribution < -0.4 is 5.73 Å². The fourth-order valence-corrected chi connectivity index (χ4v) is 2.53. The average Bonchev–Trinajstić information content (AvgIpc) is 2.28. The van der Waals surface area contributed by atoms with Gasteiger partial charge in [-0.2, -0.15) is 0 Å². The van der Waals surface area contributed by atoms with E-state index in [1.165, 1.54) is 31.4 Å². The average molecular weight is 225 g/mol. The number of hydrogen-bond donors (Lipinski definition) is 1. The molecule has 1 fully saturated rings. The fraction of sp³-hybridized carbons (Fsp3) is 0.538. The molecule has 0 aromatic heterocycles. The molecule has 3 heteroatoms. The van der Waals surface area contributed by atoms with Crippen molar-refractivity contribution in [3.05, 3.63) is 35.4 Å². The summed E-state index contributed by atoms with van der Waals surface area (Å²) in [5.41, 5.74) is 6.66. The molecule has 0 heterocycles. The van der Waals surface area contributed by atoms with Gasteiger partial charge < -0.3 is 5.73 Å². The molecule has 0 bridgehead atoms. The summed E-state index contributed by atoms with van der Waals surface area (Å²) < 4.78 is 26.1. The van der Waals surface area contributed by atoms with Gasteiger partial charge in [-0.25, -0.2) is 8.78 Å². The lowest BCUT2D eigenvalue weighted by atomic mass is 9.81. The molecule has 1 atom stereocenters. The maximum Gasteiger partial charge on any atom is 0.126 e. The standard InChI is InChI=1S/C13H17F2N/c14-11-6-10(7-12(15)8-11)13(16)9-4-2-1-3-5-9/h6-9,13H,1-5,16H2/t13-/m1/s1. The van der Waals surface area contributed by atoms with E-state index < -0.39 is 11.6 Å². The highest BCUT2D eigenvalue weighted by atomic mass is 19.1. The molecule has 0 amide bonds. The molecular weight excluding hydrogens is 208 g/mol. The van der Waals surface area contributed by atoms with Crippen molar-refractivity contribution in [1.29, 1.82) is 0 Å². The third-order valence-electron chi connectivity index (χ3n) is 3.43. The maximum absolute atomic E-state index is 13.1. The minimum atomic E-state index is -0.541. The van der Waals surface area contributed by atoms with Crippen molar-refractivity contribution in [2.45, 2.75) is 38.1 Å². The van der Waals surface area contributed by atoms with Crippen LogP contribution in [-0.2, 0) is 0 Å². The molecule has 1 aliphatic carbocycles. The number of hydrogen-bond acceptors (Lipinski definition) is 1. The molecule has 0 saturated heterocycles. The largest absolute Gasteiger partial charge is 0.324 e. The normalized spacial score (nSPS) is 19.7. The Morgan fingerprint density at radius 3 is 2.12 bits per heavy atom. The molecule has 0 radical (unpaired) electrons. The molecule has 2 N–H and O–H groups in total. The monoisotopic (exact) mass is 225 g/mol. The minimum Gasteiger partial charge on any atom is -0.324 e. The van der Waals surface area contributed by atoms with Crippen LogP contribution in [0.25, 0.3) is 0 Å². The lowest BCUT2D eigenvalue weighted by molar-refractivity contribution is 0.307. The van der Waals surface area contributed by atoms with E-state index in [1.807, 2.05) is 0 Å². The van der Waals surface area contributed by atoms with Crippen molar-refractivity contribution in [3.8, 4) is 0 Å². The van der Waals surface area contributed by atoms with Crippen LogP contribution in [0.5, 0.6) is 0 Å². The zero-order valence-corrected chi connectivity index (χ0v) is 9.26. The first kappa shape index (κ1) is 11.5. The highest BCUT2D eigenvalue weighted by Crippen LogP contribution is 2.33. The molecule has 1 aliphatic rings. The Morgan fingerprint density at radius 2 is 1.56 bits per heavy atom. The van der Waals surface area contributed by atoms with Gasteiger partial charge in [0.1, 0.15) is 11.6 Å². The molecule has 0 unspecified atom stereocenters. The van der Waals surface area contributed by atoms with Crippen LogP contribution in [0, 0.1) is 17.6 Å². The predicted molar refractivity (Wildman–Crippen MR) is 59.9 cm³/mol. The zero-order chi connectivity index (χ0) is 11.5. The maximum atomic E-state index is 13.1. The Balaban J connectivity index is 2.15. The quantitative estimate of drug-likeness (QED) is 0.818. The molecule has 2 rings (SSSR count). The van der Waals surface area contributed by atoms with E-state index in [0.717, 1.165) is 18.9 Å². The minimum absolute atomic E-state index is 0.231. The van der Waals surface area contributed by atoms with Crippen molar-refractivity contribution in [3.63, 3.8) is 0 Å². The first-order valence-electron chi connectivity index (χ1n) is 5.88. The molecule has 1 aromatic carbocycles. The van der Waals surface area contributed by atoms with E-state index >= 15 is 0 Å². The van der Waals surface area contributed by atoms with Gasteiger partial charge in [0.05, 0.1) is 0 Å². The van der Waals surface area contributed by atoms with Gasteiger partial charge in [-0.1, -0.05) is 19.3 Å². The lowest BCUT2D eigenvalue weighted by Gasteiger charge is -2.27. The highest BCUT2D eigenvalue weighted by molar-refractivity contribution is 5.21. The van der Waals surface area contributed by atoms with Gasteiger partial charge in [0.2, 0.25) is 0 Å². The molecule has 0 aliphatic heterocycles. The Hall–Kier alpha value is -0.960. The predicted octanol–water partition coefficient (Wildman–Crippen LogP) is 3.54. The smallest absolute Gasteiger partial charge is 0.126 e. The first-order valence-corrected chi connectivity index (χ1v) is 5.88. The third-order valence-corrected chi connectivity index (χ3v) is 3.43. The Kier molecular flexibility index (Phi) is 3.54. The van der Waals surface area contributed by atoms with E-state index in [-0.39, 0.29) is 6.04 Å². The molecular formula is C13H17F2N. The van der Waals surface area contributed by atoms with E-state index in [2.05, 4.69) is 0 Å². The summed E-state index contributed by atoms with van der Waals surface area (Å²) in [5, 5.41) is 0. The van der Waals surface area contributed by atoms with Crippen LogP contribution in [-0.4, -0.2) is 0 Å². The van der Waals surface area contributed by atoms with Gasteiger partial charge in [0, 0.05) is 12.1 Å². The molecule has 0 spiro atoms. The first-order chi connectivity index (χ1) is 7.66.